The highest BCUT2D eigenvalue weighted by Gasteiger charge is 2.25. The van der Waals surface area contributed by atoms with Gasteiger partial charge in [-0.25, -0.2) is 14.8 Å². The molecule has 0 saturated carbocycles. The second kappa shape index (κ2) is 8.97. The first kappa shape index (κ1) is 20.0. The third-order valence-corrected chi connectivity index (χ3v) is 4.78. The fourth-order valence-corrected chi connectivity index (χ4v) is 3.14. The number of anilines is 1. The summed E-state index contributed by atoms with van der Waals surface area (Å²) in [5.41, 5.74) is 0.737. The number of methoxy groups -OCH3 is 1. The first-order valence-corrected chi connectivity index (χ1v) is 9.45. The molecule has 2 aromatic rings. The Kier molecular flexibility index (Phi) is 6.41. The lowest BCUT2D eigenvalue weighted by Crippen LogP contribution is -2.36. The molecule has 2 atom stereocenters. The molecule has 2 heterocycles. The number of fused-ring (bicyclic) bond motifs is 1. The van der Waals surface area contributed by atoms with E-state index in [-0.39, 0.29) is 30.3 Å². The number of carbonyl (C=O) groups excluding carboxylic acids is 2. The van der Waals surface area contributed by atoms with Crippen LogP contribution in [0.4, 0.5) is 5.82 Å². The van der Waals surface area contributed by atoms with Crippen LogP contribution >= 0.6 is 0 Å². The Bertz CT molecular complexity index is 849. The molecule has 0 bridgehead atoms. The summed E-state index contributed by atoms with van der Waals surface area (Å²) >= 11 is 0. The van der Waals surface area contributed by atoms with Gasteiger partial charge in [-0.1, -0.05) is 26.0 Å². The number of carbonyl (C=O) groups is 2. The number of amides is 1. The second-order valence-corrected chi connectivity index (χ2v) is 7.17. The van der Waals surface area contributed by atoms with Gasteiger partial charge in [0, 0.05) is 12.0 Å². The number of aromatic nitrogens is 2. The van der Waals surface area contributed by atoms with Gasteiger partial charge < -0.3 is 20.1 Å². The average Bonchev–Trinajstić information content (AvgIpc) is 3.24. The van der Waals surface area contributed by atoms with Crippen LogP contribution < -0.4 is 10.6 Å². The zero-order chi connectivity index (χ0) is 20.1. The van der Waals surface area contributed by atoms with E-state index in [0.717, 1.165) is 17.3 Å². The van der Waals surface area contributed by atoms with Crippen LogP contribution in [0, 0.1) is 11.8 Å². The molecule has 1 fully saturated rings. The molecule has 0 radical (unpaired) electrons. The topological polar surface area (TPSA) is 102 Å². The molecule has 1 aromatic heterocycles. The lowest BCUT2D eigenvalue weighted by Gasteiger charge is -2.21. The van der Waals surface area contributed by atoms with Crippen molar-refractivity contribution in [2.75, 3.05) is 25.6 Å². The lowest BCUT2D eigenvalue weighted by molar-refractivity contribution is -0.142. The Morgan fingerprint density at radius 3 is 2.75 bits per heavy atom. The van der Waals surface area contributed by atoms with Gasteiger partial charge >= 0.3 is 5.97 Å². The van der Waals surface area contributed by atoms with E-state index in [1.54, 1.807) is 0 Å². The Balaban J connectivity index is 1.84. The van der Waals surface area contributed by atoms with Gasteiger partial charge in [0.25, 0.3) is 0 Å². The Labute approximate surface area is 164 Å². The van der Waals surface area contributed by atoms with Crippen molar-refractivity contribution in [2.24, 2.45) is 11.8 Å². The summed E-state index contributed by atoms with van der Waals surface area (Å²) in [5, 5.41) is 6.88. The van der Waals surface area contributed by atoms with Crippen molar-refractivity contribution in [2.45, 2.75) is 32.9 Å². The molecule has 28 heavy (non-hydrogen) atoms. The van der Waals surface area contributed by atoms with E-state index in [0.29, 0.717) is 24.9 Å². The number of rotatable bonds is 7. The molecule has 1 aromatic carbocycles. The summed E-state index contributed by atoms with van der Waals surface area (Å²) in [4.78, 5) is 33.5. The van der Waals surface area contributed by atoms with Crippen LogP contribution in [0.2, 0.25) is 0 Å². The molecule has 1 aliphatic rings. The molecule has 0 spiro atoms. The van der Waals surface area contributed by atoms with E-state index in [2.05, 4.69) is 20.6 Å². The fraction of sp³-hybridized carbons (Fsp3) is 0.500. The molecule has 3 rings (SSSR count). The van der Waals surface area contributed by atoms with Gasteiger partial charge in [-0.3, -0.25) is 4.79 Å². The highest BCUT2D eigenvalue weighted by molar-refractivity contribution is 5.91. The van der Waals surface area contributed by atoms with Gasteiger partial charge in [0.2, 0.25) is 5.91 Å². The summed E-state index contributed by atoms with van der Waals surface area (Å²) in [6.45, 7) is 5.14. The minimum atomic E-state index is -0.540. The molecule has 1 amide bonds. The van der Waals surface area contributed by atoms with E-state index in [9.17, 15) is 9.59 Å². The SMILES string of the molecule is COC(=O)[C@@H](Nc1nc(CNC(=O)C2CCOC2)nc2ccccc12)C(C)C. The quantitative estimate of drug-likeness (QED) is 0.701. The van der Waals surface area contributed by atoms with E-state index < -0.39 is 6.04 Å². The standard InChI is InChI=1S/C20H26N4O4/c1-12(2)17(20(26)27-3)24-18-14-6-4-5-7-15(14)22-16(23-18)10-21-19(25)13-8-9-28-11-13/h4-7,12-13,17H,8-11H2,1-3H3,(H,21,25)(H,22,23,24)/t13?,17-/m0/s1. The number of hydrogen-bond acceptors (Lipinski definition) is 7. The van der Waals surface area contributed by atoms with Crippen LogP contribution in [-0.4, -0.2) is 48.2 Å². The zero-order valence-electron chi connectivity index (χ0n) is 16.4. The predicted molar refractivity (Wildman–Crippen MR) is 105 cm³/mol. The normalized spacial score (nSPS) is 17.5. The van der Waals surface area contributed by atoms with Crippen LogP contribution in [0.25, 0.3) is 10.9 Å². The molecule has 150 valence electrons. The van der Waals surface area contributed by atoms with Gasteiger partial charge in [-0.15, -0.1) is 0 Å². The first-order valence-electron chi connectivity index (χ1n) is 9.45. The number of nitrogens with zero attached hydrogens (tertiary/aromatic N) is 2. The van der Waals surface area contributed by atoms with Crippen LogP contribution in [0.15, 0.2) is 24.3 Å². The Morgan fingerprint density at radius 2 is 2.07 bits per heavy atom. The van der Waals surface area contributed by atoms with Crippen molar-refractivity contribution in [1.82, 2.24) is 15.3 Å². The summed E-state index contributed by atoms with van der Waals surface area (Å²) < 4.78 is 10.2. The van der Waals surface area contributed by atoms with Crippen molar-refractivity contribution in [3.63, 3.8) is 0 Å². The number of para-hydroxylation sites is 1. The summed E-state index contributed by atoms with van der Waals surface area (Å²) in [6, 6.07) is 7.01. The van der Waals surface area contributed by atoms with Crippen molar-refractivity contribution < 1.29 is 19.1 Å². The average molecular weight is 386 g/mol. The van der Waals surface area contributed by atoms with Crippen molar-refractivity contribution in [3.05, 3.63) is 30.1 Å². The third kappa shape index (κ3) is 4.56. The highest BCUT2D eigenvalue weighted by Crippen LogP contribution is 2.22. The second-order valence-electron chi connectivity index (χ2n) is 7.17. The van der Waals surface area contributed by atoms with Gasteiger partial charge in [-0.05, 0) is 24.5 Å². The number of hydrogen-bond donors (Lipinski definition) is 2. The molecule has 8 nitrogen and oxygen atoms in total. The number of benzene rings is 1. The third-order valence-electron chi connectivity index (χ3n) is 4.78. The number of ether oxygens (including phenoxy) is 2. The molecule has 1 aliphatic heterocycles. The predicted octanol–water partition coefficient (Wildman–Crippen LogP) is 1.89. The summed E-state index contributed by atoms with van der Waals surface area (Å²) in [6.07, 6.45) is 0.729. The minimum Gasteiger partial charge on any atom is -0.467 e. The van der Waals surface area contributed by atoms with E-state index in [4.69, 9.17) is 9.47 Å². The maximum absolute atomic E-state index is 12.2. The fourth-order valence-electron chi connectivity index (χ4n) is 3.14. The Hall–Kier alpha value is -2.74. The van der Waals surface area contributed by atoms with Crippen LogP contribution in [0.5, 0.6) is 0 Å². The van der Waals surface area contributed by atoms with Crippen LogP contribution in [-0.2, 0) is 25.6 Å². The maximum Gasteiger partial charge on any atom is 0.328 e. The van der Waals surface area contributed by atoms with Crippen molar-refractivity contribution in [1.29, 1.82) is 0 Å². The minimum absolute atomic E-state index is 0.00620. The monoisotopic (exact) mass is 386 g/mol. The summed E-state index contributed by atoms with van der Waals surface area (Å²) in [5.74, 6) is 0.491. The van der Waals surface area contributed by atoms with Crippen LogP contribution in [0.3, 0.4) is 0 Å². The smallest absolute Gasteiger partial charge is 0.328 e. The first-order chi connectivity index (χ1) is 13.5. The number of nitrogens with one attached hydrogen (secondary N) is 2. The maximum atomic E-state index is 12.2. The van der Waals surface area contributed by atoms with Gasteiger partial charge in [0.05, 0.1) is 31.7 Å². The van der Waals surface area contributed by atoms with Gasteiger partial charge in [-0.2, -0.15) is 0 Å². The molecule has 1 unspecified atom stereocenters. The van der Waals surface area contributed by atoms with E-state index in [1.165, 1.54) is 7.11 Å². The molecular weight excluding hydrogens is 360 g/mol. The Morgan fingerprint density at radius 1 is 1.29 bits per heavy atom. The molecular formula is C20H26N4O4. The van der Waals surface area contributed by atoms with E-state index in [1.807, 2.05) is 38.1 Å². The van der Waals surface area contributed by atoms with Crippen LogP contribution in [0.1, 0.15) is 26.1 Å². The van der Waals surface area contributed by atoms with Crippen molar-refractivity contribution in [3.8, 4) is 0 Å². The lowest BCUT2D eigenvalue weighted by atomic mass is 10.0. The molecule has 1 saturated heterocycles. The molecule has 8 heteroatoms. The largest absolute Gasteiger partial charge is 0.467 e. The summed E-state index contributed by atoms with van der Waals surface area (Å²) in [7, 11) is 1.37. The van der Waals surface area contributed by atoms with Gasteiger partial charge in [0.15, 0.2) is 5.82 Å². The van der Waals surface area contributed by atoms with E-state index >= 15 is 0 Å². The van der Waals surface area contributed by atoms with Gasteiger partial charge in [0.1, 0.15) is 11.9 Å². The highest BCUT2D eigenvalue weighted by atomic mass is 16.5. The molecule has 0 aliphatic carbocycles. The zero-order valence-corrected chi connectivity index (χ0v) is 16.4. The van der Waals surface area contributed by atoms with Crippen molar-refractivity contribution >= 4 is 28.6 Å². The molecule has 2 N–H and O–H groups in total. The number of esters is 1.